The average Bonchev–Trinajstić information content (AvgIpc) is 2.34. The Morgan fingerprint density at radius 3 is 2.50 bits per heavy atom. The molecule has 1 rings (SSSR count). The smallest absolute Gasteiger partial charge is 0.338 e. The Morgan fingerprint density at radius 2 is 1.95 bits per heavy atom. The molecule has 20 heavy (non-hydrogen) atoms. The second-order valence-electron chi connectivity index (χ2n) is 4.14. The molecule has 0 aliphatic heterocycles. The Bertz CT molecular complexity index is 602. The van der Waals surface area contributed by atoms with E-state index >= 15 is 0 Å². The zero-order valence-corrected chi connectivity index (χ0v) is 13.1. The molecule has 8 heteroatoms. The van der Waals surface area contributed by atoms with Crippen molar-refractivity contribution in [3.8, 4) is 0 Å². The van der Waals surface area contributed by atoms with Gasteiger partial charge in [-0.05, 0) is 18.6 Å². The summed E-state index contributed by atoms with van der Waals surface area (Å²) in [5.74, 6) is -1.37. The van der Waals surface area contributed by atoms with Gasteiger partial charge in [-0.25, -0.2) is 17.9 Å². The molecule has 0 amide bonds. The lowest BCUT2D eigenvalue weighted by Crippen LogP contribution is -2.25. The van der Waals surface area contributed by atoms with Gasteiger partial charge in [-0.2, -0.15) is 0 Å². The second kappa shape index (κ2) is 7.26. The largest absolute Gasteiger partial charge is 0.478 e. The van der Waals surface area contributed by atoms with Crippen molar-refractivity contribution in [3.63, 3.8) is 0 Å². The van der Waals surface area contributed by atoms with Gasteiger partial charge in [-0.3, -0.25) is 0 Å². The van der Waals surface area contributed by atoms with E-state index < -0.39 is 21.6 Å². The van der Waals surface area contributed by atoms with Crippen molar-refractivity contribution in [2.45, 2.75) is 31.1 Å². The molecule has 2 N–H and O–H groups in total. The van der Waals surface area contributed by atoms with Gasteiger partial charge in [-0.1, -0.05) is 43.0 Å². The third-order valence-electron chi connectivity index (χ3n) is 2.63. The van der Waals surface area contributed by atoms with Crippen molar-refractivity contribution in [1.29, 1.82) is 0 Å². The Labute approximate surface area is 127 Å². The molecule has 0 spiro atoms. The molecule has 0 aromatic heterocycles. The van der Waals surface area contributed by atoms with Crippen LogP contribution in [0.25, 0.3) is 0 Å². The predicted octanol–water partition coefficient (Wildman–Crippen LogP) is 3.16. The van der Waals surface area contributed by atoms with E-state index in [2.05, 4.69) is 4.72 Å². The van der Waals surface area contributed by atoms with Crippen LogP contribution in [0.1, 0.15) is 36.5 Å². The molecule has 0 aliphatic carbocycles. The number of unbranched alkanes of at least 4 members (excludes halogenated alkanes) is 2. The summed E-state index contributed by atoms with van der Waals surface area (Å²) in [5, 5.41) is 8.51. The van der Waals surface area contributed by atoms with E-state index in [4.69, 9.17) is 28.3 Å². The number of rotatable bonds is 7. The lowest BCUT2D eigenvalue weighted by Gasteiger charge is -2.10. The summed E-state index contributed by atoms with van der Waals surface area (Å²) >= 11 is 11.6. The molecule has 0 unspecified atom stereocenters. The van der Waals surface area contributed by atoms with Crippen LogP contribution in [0.4, 0.5) is 0 Å². The lowest BCUT2D eigenvalue weighted by molar-refractivity contribution is 0.0697. The molecular formula is C12H15Cl2NO4S. The minimum atomic E-state index is -3.85. The van der Waals surface area contributed by atoms with Gasteiger partial charge in [0.05, 0.1) is 15.6 Å². The summed E-state index contributed by atoms with van der Waals surface area (Å²) in [6.07, 6.45) is 2.57. The van der Waals surface area contributed by atoms with Gasteiger partial charge in [0.15, 0.2) is 0 Å². The number of sulfonamides is 1. The van der Waals surface area contributed by atoms with E-state index in [1.807, 2.05) is 6.92 Å². The van der Waals surface area contributed by atoms with E-state index in [1.54, 1.807) is 0 Å². The average molecular weight is 340 g/mol. The maximum atomic E-state index is 12.1. The van der Waals surface area contributed by atoms with Crippen LogP contribution in [-0.4, -0.2) is 26.0 Å². The maximum absolute atomic E-state index is 12.1. The fourth-order valence-electron chi connectivity index (χ4n) is 1.60. The number of nitrogens with one attached hydrogen (secondary N) is 1. The molecule has 0 saturated heterocycles. The molecule has 0 aliphatic rings. The van der Waals surface area contributed by atoms with Gasteiger partial charge in [0, 0.05) is 6.54 Å². The van der Waals surface area contributed by atoms with Crippen molar-refractivity contribution >= 4 is 39.2 Å². The van der Waals surface area contributed by atoms with Gasteiger partial charge in [0.1, 0.15) is 4.90 Å². The summed E-state index contributed by atoms with van der Waals surface area (Å²) in [7, 11) is -3.85. The zero-order chi connectivity index (χ0) is 15.3. The highest BCUT2D eigenvalue weighted by Crippen LogP contribution is 2.30. The third kappa shape index (κ3) is 4.09. The SMILES string of the molecule is CCCCCNS(=O)(=O)c1ccc(Cl)c(C(=O)O)c1Cl. The van der Waals surface area contributed by atoms with Gasteiger partial charge in [0.25, 0.3) is 0 Å². The highest BCUT2D eigenvalue weighted by atomic mass is 35.5. The topological polar surface area (TPSA) is 83.5 Å². The molecular weight excluding hydrogens is 325 g/mol. The molecule has 112 valence electrons. The first kappa shape index (κ1) is 17.2. The Hall–Kier alpha value is -0.820. The fourth-order valence-corrected chi connectivity index (χ4v) is 3.59. The van der Waals surface area contributed by atoms with Crippen molar-refractivity contribution in [1.82, 2.24) is 4.72 Å². The number of carboxylic acid groups (broad SMARTS) is 1. The van der Waals surface area contributed by atoms with Crippen LogP contribution >= 0.6 is 23.2 Å². The van der Waals surface area contributed by atoms with Crippen LogP contribution in [0.15, 0.2) is 17.0 Å². The molecule has 0 saturated carbocycles. The van der Waals surface area contributed by atoms with E-state index in [0.29, 0.717) is 6.42 Å². The number of carbonyl (C=O) groups is 1. The summed E-state index contributed by atoms with van der Waals surface area (Å²) in [4.78, 5) is 10.8. The molecule has 1 aromatic carbocycles. The van der Waals surface area contributed by atoms with E-state index in [1.165, 1.54) is 12.1 Å². The summed E-state index contributed by atoms with van der Waals surface area (Å²) in [6, 6.07) is 2.40. The van der Waals surface area contributed by atoms with Gasteiger partial charge >= 0.3 is 5.97 Å². The Morgan fingerprint density at radius 1 is 1.30 bits per heavy atom. The third-order valence-corrected chi connectivity index (χ3v) is 4.95. The highest BCUT2D eigenvalue weighted by Gasteiger charge is 2.24. The van der Waals surface area contributed by atoms with Gasteiger partial charge < -0.3 is 5.11 Å². The van der Waals surface area contributed by atoms with Crippen LogP contribution < -0.4 is 4.72 Å². The van der Waals surface area contributed by atoms with Gasteiger partial charge in [-0.15, -0.1) is 0 Å². The number of hydrogen-bond acceptors (Lipinski definition) is 3. The second-order valence-corrected chi connectivity index (χ2v) is 6.67. The van der Waals surface area contributed by atoms with Gasteiger partial charge in [0.2, 0.25) is 10.0 Å². The maximum Gasteiger partial charge on any atom is 0.338 e. The molecule has 0 radical (unpaired) electrons. The highest BCUT2D eigenvalue weighted by molar-refractivity contribution is 7.89. The number of carboxylic acids is 1. The molecule has 1 aromatic rings. The molecule has 0 bridgehead atoms. The first-order chi connectivity index (χ1) is 9.31. The Kier molecular flexibility index (Phi) is 6.26. The molecule has 0 fully saturated rings. The van der Waals surface area contributed by atoms with Crippen molar-refractivity contribution in [2.24, 2.45) is 0 Å². The summed E-state index contributed by atoms with van der Waals surface area (Å²) in [6.45, 7) is 2.28. The van der Waals surface area contributed by atoms with E-state index in [0.717, 1.165) is 12.8 Å². The zero-order valence-electron chi connectivity index (χ0n) is 10.8. The lowest BCUT2D eigenvalue weighted by atomic mass is 10.2. The monoisotopic (exact) mass is 339 g/mol. The van der Waals surface area contributed by atoms with E-state index in [-0.39, 0.29) is 21.5 Å². The van der Waals surface area contributed by atoms with Crippen molar-refractivity contribution in [2.75, 3.05) is 6.54 Å². The van der Waals surface area contributed by atoms with Crippen molar-refractivity contribution < 1.29 is 18.3 Å². The molecule has 5 nitrogen and oxygen atoms in total. The van der Waals surface area contributed by atoms with Crippen LogP contribution in [0.3, 0.4) is 0 Å². The van der Waals surface area contributed by atoms with Crippen LogP contribution in [0.2, 0.25) is 10.0 Å². The predicted molar refractivity (Wildman–Crippen MR) is 78.1 cm³/mol. The number of benzene rings is 1. The summed E-state index contributed by atoms with van der Waals surface area (Å²) < 4.78 is 26.5. The molecule has 0 atom stereocenters. The van der Waals surface area contributed by atoms with Crippen LogP contribution in [0.5, 0.6) is 0 Å². The normalized spacial score (nSPS) is 11.6. The minimum absolute atomic E-state index is 0.104. The summed E-state index contributed by atoms with van der Waals surface area (Å²) in [5.41, 5.74) is -0.412. The van der Waals surface area contributed by atoms with Crippen LogP contribution in [0, 0.1) is 0 Å². The fraction of sp³-hybridized carbons (Fsp3) is 0.417. The van der Waals surface area contributed by atoms with E-state index in [9.17, 15) is 13.2 Å². The van der Waals surface area contributed by atoms with Crippen molar-refractivity contribution in [3.05, 3.63) is 27.7 Å². The quantitative estimate of drug-likeness (QED) is 0.747. The number of hydrogen-bond donors (Lipinski definition) is 2. The minimum Gasteiger partial charge on any atom is -0.478 e. The number of halogens is 2. The first-order valence-electron chi connectivity index (χ1n) is 6.02. The van der Waals surface area contributed by atoms with Crippen LogP contribution in [-0.2, 0) is 10.0 Å². The number of aromatic carboxylic acids is 1. The molecule has 0 heterocycles. The standard InChI is InChI=1S/C12H15Cl2NO4S/c1-2-3-4-7-15-20(18,19)9-6-5-8(13)10(11(9)14)12(16)17/h5-6,15H,2-4,7H2,1H3,(H,16,17). The Balaban J connectivity index is 3.07. The first-order valence-corrected chi connectivity index (χ1v) is 8.26.